The monoisotopic (exact) mass is 859 g/mol. The zero-order valence-corrected chi connectivity index (χ0v) is 39.8. The van der Waals surface area contributed by atoms with Crippen LogP contribution >= 0.6 is 0 Å². The fraction of sp³-hybridized carbons (Fsp3) is 0.625. The second kappa shape index (κ2) is 49.7. The van der Waals surface area contributed by atoms with Crippen molar-refractivity contribution in [2.24, 2.45) is 0 Å². The van der Waals surface area contributed by atoms with Gasteiger partial charge in [0.15, 0.2) is 6.10 Å². The zero-order valence-electron chi connectivity index (χ0n) is 39.8. The molecule has 350 valence electrons. The van der Waals surface area contributed by atoms with Gasteiger partial charge >= 0.3 is 17.9 Å². The summed E-state index contributed by atoms with van der Waals surface area (Å²) >= 11 is 0. The maximum Gasteiger partial charge on any atom is 0.306 e. The van der Waals surface area contributed by atoms with Gasteiger partial charge in [-0.05, 0) is 109 Å². The van der Waals surface area contributed by atoms with Gasteiger partial charge in [0.05, 0.1) is 0 Å². The summed E-state index contributed by atoms with van der Waals surface area (Å²) in [5.74, 6) is -1.03. The predicted octanol–water partition coefficient (Wildman–Crippen LogP) is 16.4. The molecule has 0 aromatic carbocycles. The third-order valence-electron chi connectivity index (χ3n) is 10.0. The van der Waals surface area contributed by atoms with E-state index in [9.17, 15) is 14.4 Å². The van der Waals surface area contributed by atoms with Crippen LogP contribution in [0.25, 0.3) is 0 Å². The number of hydrogen-bond donors (Lipinski definition) is 0. The molecular formula is C56H90O6. The van der Waals surface area contributed by atoms with E-state index in [-0.39, 0.29) is 37.5 Å². The number of rotatable bonds is 43. The summed E-state index contributed by atoms with van der Waals surface area (Å²) in [7, 11) is 0. The summed E-state index contributed by atoms with van der Waals surface area (Å²) in [6.45, 7) is 6.28. The van der Waals surface area contributed by atoms with E-state index >= 15 is 0 Å². The molecule has 0 rings (SSSR count). The lowest BCUT2D eigenvalue weighted by atomic mass is 10.1. The van der Waals surface area contributed by atoms with Crippen molar-refractivity contribution in [2.75, 3.05) is 13.2 Å². The molecule has 1 atom stereocenters. The first-order valence-corrected chi connectivity index (χ1v) is 24.9. The highest BCUT2D eigenvalue weighted by Gasteiger charge is 2.19. The van der Waals surface area contributed by atoms with Gasteiger partial charge in [-0.15, -0.1) is 0 Å². The highest BCUT2D eigenvalue weighted by molar-refractivity contribution is 5.71. The lowest BCUT2D eigenvalue weighted by molar-refractivity contribution is -0.166. The smallest absolute Gasteiger partial charge is 0.306 e. The normalized spacial score (nSPS) is 13.0. The number of ether oxygens (including phenoxy) is 3. The van der Waals surface area contributed by atoms with E-state index in [0.29, 0.717) is 19.3 Å². The summed E-state index contributed by atoms with van der Waals surface area (Å²) in [5.41, 5.74) is 0. The Labute approximate surface area is 380 Å². The zero-order chi connectivity index (χ0) is 45.1. The fourth-order valence-electron chi connectivity index (χ4n) is 6.32. The van der Waals surface area contributed by atoms with Crippen molar-refractivity contribution in [2.45, 2.75) is 213 Å². The van der Waals surface area contributed by atoms with E-state index in [1.165, 1.54) is 44.9 Å². The van der Waals surface area contributed by atoms with Crippen LogP contribution in [0.3, 0.4) is 0 Å². The molecule has 0 radical (unpaired) electrons. The van der Waals surface area contributed by atoms with Crippen LogP contribution in [0.15, 0.2) is 109 Å². The number of carbonyl (C=O) groups excluding carboxylic acids is 3. The standard InChI is InChI=1S/C56H90O6/c1-4-7-10-13-16-19-22-25-27-29-31-34-37-40-43-46-49-55(58)61-52-53(51-60-54(57)48-45-42-39-36-33-24-21-18-15-12-9-6-3)62-56(59)50-47-44-41-38-35-32-30-28-26-23-20-17-14-11-8-5-2/h7-8,10-11,16-21,25-28,31,34,40,43,53H,4-6,9,12-15,22-24,29-30,32-33,35-39,41-42,44-52H2,1-3H3/b10-7-,11-8-,19-16-,20-17-,21-18-,27-25-,28-26-,34-31-,43-40-. The quantitative estimate of drug-likeness (QED) is 0.0263. The molecular weight excluding hydrogens is 769 g/mol. The molecule has 0 spiro atoms. The second-order valence-electron chi connectivity index (χ2n) is 16.0. The highest BCUT2D eigenvalue weighted by Crippen LogP contribution is 2.13. The number of carbonyl (C=O) groups is 3. The predicted molar refractivity (Wildman–Crippen MR) is 265 cm³/mol. The van der Waals surface area contributed by atoms with Crippen LogP contribution in [0.5, 0.6) is 0 Å². The minimum Gasteiger partial charge on any atom is -0.462 e. The van der Waals surface area contributed by atoms with E-state index in [4.69, 9.17) is 14.2 Å². The van der Waals surface area contributed by atoms with E-state index in [1.54, 1.807) is 0 Å². The minimum absolute atomic E-state index is 0.113. The van der Waals surface area contributed by atoms with E-state index in [2.05, 4.69) is 118 Å². The molecule has 0 aliphatic rings. The van der Waals surface area contributed by atoms with Gasteiger partial charge in [-0.1, -0.05) is 188 Å². The Morgan fingerprint density at radius 2 is 0.661 bits per heavy atom. The molecule has 0 aromatic heterocycles. The van der Waals surface area contributed by atoms with Gasteiger partial charge in [-0.25, -0.2) is 0 Å². The van der Waals surface area contributed by atoms with Crippen molar-refractivity contribution in [3.8, 4) is 0 Å². The maximum atomic E-state index is 12.8. The largest absolute Gasteiger partial charge is 0.462 e. The van der Waals surface area contributed by atoms with Crippen molar-refractivity contribution in [3.05, 3.63) is 109 Å². The van der Waals surface area contributed by atoms with Crippen LogP contribution in [0, 0.1) is 0 Å². The first kappa shape index (κ1) is 58.1. The molecule has 62 heavy (non-hydrogen) atoms. The maximum absolute atomic E-state index is 12.8. The van der Waals surface area contributed by atoms with Crippen molar-refractivity contribution in [1.82, 2.24) is 0 Å². The van der Waals surface area contributed by atoms with Crippen LogP contribution in [0.1, 0.15) is 207 Å². The summed E-state index contributed by atoms with van der Waals surface area (Å²) in [5, 5.41) is 0. The molecule has 0 aliphatic heterocycles. The molecule has 0 saturated heterocycles. The second-order valence-corrected chi connectivity index (χ2v) is 16.0. The molecule has 0 aromatic rings. The van der Waals surface area contributed by atoms with Gasteiger partial charge in [0, 0.05) is 19.3 Å². The minimum atomic E-state index is -0.819. The van der Waals surface area contributed by atoms with E-state index in [0.717, 1.165) is 116 Å². The van der Waals surface area contributed by atoms with Crippen molar-refractivity contribution >= 4 is 17.9 Å². The number of esters is 3. The SMILES string of the molecule is CC/C=C\C/C=C\C/C=C\C/C=C\C/C=C\CCC(=O)OCC(COC(=O)CCCCCCC/C=C\CCCCC)OC(=O)CCCCCCCC/C=C\C/C=C\C/C=C\CC. The fourth-order valence-corrected chi connectivity index (χ4v) is 6.32. The molecule has 0 fully saturated rings. The van der Waals surface area contributed by atoms with Crippen molar-refractivity contribution in [1.29, 1.82) is 0 Å². The third-order valence-corrected chi connectivity index (χ3v) is 10.0. The number of allylic oxidation sites excluding steroid dienone is 18. The summed E-state index contributed by atoms with van der Waals surface area (Å²) in [6, 6.07) is 0. The van der Waals surface area contributed by atoms with Gasteiger partial charge < -0.3 is 14.2 Å². The molecule has 0 aliphatic carbocycles. The number of hydrogen-bond acceptors (Lipinski definition) is 6. The molecule has 0 saturated carbocycles. The van der Waals surface area contributed by atoms with Gasteiger partial charge in [-0.3, -0.25) is 14.4 Å². The van der Waals surface area contributed by atoms with Crippen LogP contribution in [0.2, 0.25) is 0 Å². The van der Waals surface area contributed by atoms with Gasteiger partial charge in [0.25, 0.3) is 0 Å². The van der Waals surface area contributed by atoms with Crippen molar-refractivity contribution in [3.63, 3.8) is 0 Å². The average molecular weight is 859 g/mol. The average Bonchev–Trinajstić information content (AvgIpc) is 3.27. The first-order valence-electron chi connectivity index (χ1n) is 24.9. The first-order chi connectivity index (χ1) is 30.5. The number of unbranched alkanes of at least 4 members (excludes halogenated alkanes) is 14. The summed E-state index contributed by atoms with van der Waals surface area (Å²) < 4.78 is 16.7. The molecule has 6 heteroatoms. The topological polar surface area (TPSA) is 78.9 Å². The molecule has 1 unspecified atom stereocenters. The Hall–Kier alpha value is -3.93. The lowest BCUT2D eigenvalue weighted by Crippen LogP contribution is -2.30. The van der Waals surface area contributed by atoms with Crippen molar-refractivity contribution < 1.29 is 28.6 Å². The van der Waals surface area contributed by atoms with Crippen LogP contribution < -0.4 is 0 Å². The molecule has 0 N–H and O–H groups in total. The third kappa shape index (κ3) is 47.1. The Bertz CT molecular complexity index is 1310. The summed E-state index contributed by atoms with van der Waals surface area (Å²) in [4.78, 5) is 37.9. The Morgan fingerprint density at radius 1 is 0.339 bits per heavy atom. The Morgan fingerprint density at radius 3 is 1.10 bits per heavy atom. The molecule has 6 nitrogen and oxygen atoms in total. The van der Waals surface area contributed by atoms with Crippen LogP contribution in [0.4, 0.5) is 0 Å². The summed E-state index contributed by atoms with van der Waals surface area (Å²) in [6.07, 6.45) is 66.5. The van der Waals surface area contributed by atoms with E-state index < -0.39 is 6.10 Å². The van der Waals surface area contributed by atoms with Gasteiger partial charge in [0.1, 0.15) is 13.2 Å². The molecule has 0 amide bonds. The molecule has 0 bridgehead atoms. The van der Waals surface area contributed by atoms with E-state index in [1.807, 2.05) is 12.2 Å². The molecule has 0 heterocycles. The highest BCUT2D eigenvalue weighted by atomic mass is 16.6. The van der Waals surface area contributed by atoms with Gasteiger partial charge in [-0.2, -0.15) is 0 Å². The Balaban J connectivity index is 4.54. The Kier molecular flexibility index (Phi) is 46.6. The lowest BCUT2D eigenvalue weighted by Gasteiger charge is -2.18. The van der Waals surface area contributed by atoms with Gasteiger partial charge in [0.2, 0.25) is 0 Å². The van der Waals surface area contributed by atoms with Crippen LogP contribution in [-0.2, 0) is 28.6 Å². The van der Waals surface area contributed by atoms with Crippen LogP contribution in [-0.4, -0.2) is 37.2 Å².